The van der Waals surface area contributed by atoms with Gasteiger partial charge in [-0.1, -0.05) is 176 Å². The molecule has 0 unspecified atom stereocenters. The molecule has 0 bridgehead atoms. The molecule has 10 rings (SSSR count). The van der Waals surface area contributed by atoms with Crippen LogP contribution in [0.5, 0.6) is 0 Å². The van der Waals surface area contributed by atoms with Crippen molar-refractivity contribution in [3.05, 3.63) is 206 Å². The van der Waals surface area contributed by atoms with Gasteiger partial charge in [-0.25, -0.2) is 19.9 Å². The number of aromatic nitrogens is 4. The lowest BCUT2D eigenvalue weighted by Gasteiger charge is -2.13. The Bertz CT molecular complexity index is 3010. The number of rotatable bonds is 7. The maximum atomic E-state index is 5.27. The first-order chi connectivity index (χ1) is 27.7. The van der Waals surface area contributed by atoms with Crippen molar-refractivity contribution in [3.8, 4) is 78.7 Å². The van der Waals surface area contributed by atoms with Crippen LogP contribution in [0.25, 0.3) is 100 Å². The van der Waals surface area contributed by atoms with E-state index in [1.54, 1.807) is 0 Å². The third-order valence-corrected chi connectivity index (χ3v) is 10.3. The van der Waals surface area contributed by atoms with Crippen LogP contribution in [0.15, 0.2) is 206 Å². The van der Waals surface area contributed by atoms with Crippen molar-refractivity contribution < 1.29 is 0 Å². The molecule has 0 aliphatic carbocycles. The SMILES string of the molecule is c1ccc(-c2ccc(-c3nc(-c4cccc(-c5nc(-c6cccc(-c7cccc(-c8ccccc8)c7)c6)c6ccccc6n5)c4)nc4ccccc34)cc2)cc1. The molecule has 8 aromatic carbocycles. The van der Waals surface area contributed by atoms with E-state index in [0.29, 0.717) is 11.6 Å². The lowest BCUT2D eigenvalue weighted by Crippen LogP contribution is -1.97. The highest BCUT2D eigenvalue weighted by Gasteiger charge is 2.16. The molecule has 56 heavy (non-hydrogen) atoms. The fourth-order valence-electron chi connectivity index (χ4n) is 7.46. The van der Waals surface area contributed by atoms with Gasteiger partial charge < -0.3 is 0 Å². The average Bonchev–Trinajstić information content (AvgIpc) is 3.29. The average molecular weight is 715 g/mol. The second kappa shape index (κ2) is 14.3. The van der Waals surface area contributed by atoms with Crippen molar-refractivity contribution in [1.29, 1.82) is 0 Å². The van der Waals surface area contributed by atoms with Crippen LogP contribution >= 0.6 is 0 Å². The van der Waals surface area contributed by atoms with Crippen LogP contribution in [-0.4, -0.2) is 19.9 Å². The minimum absolute atomic E-state index is 0.648. The first-order valence-electron chi connectivity index (χ1n) is 18.8. The van der Waals surface area contributed by atoms with Gasteiger partial charge in [0.1, 0.15) is 0 Å². The molecule has 4 heteroatoms. The molecule has 0 spiro atoms. The molecule has 2 heterocycles. The van der Waals surface area contributed by atoms with Crippen molar-refractivity contribution in [2.75, 3.05) is 0 Å². The van der Waals surface area contributed by atoms with E-state index in [1.165, 1.54) is 22.3 Å². The molecular formula is C52H34N4. The molecule has 0 saturated heterocycles. The largest absolute Gasteiger partial charge is 0.228 e. The molecular weight excluding hydrogens is 681 g/mol. The maximum absolute atomic E-state index is 5.27. The van der Waals surface area contributed by atoms with E-state index in [-0.39, 0.29) is 0 Å². The Morgan fingerprint density at radius 1 is 0.214 bits per heavy atom. The summed E-state index contributed by atoms with van der Waals surface area (Å²) >= 11 is 0. The number of nitrogens with zero attached hydrogens (tertiary/aromatic N) is 4. The van der Waals surface area contributed by atoms with Gasteiger partial charge in [0.25, 0.3) is 0 Å². The third-order valence-electron chi connectivity index (χ3n) is 10.3. The summed E-state index contributed by atoms with van der Waals surface area (Å²) in [6.07, 6.45) is 0. The summed E-state index contributed by atoms with van der Waals surface area (Å²) < 4.78 is 0. The van der Waals surface area contributed by atoms with Gasteiger partial charge in [0, 0.05) is 33.0 Å². The van der Waals surface area contributed by atoms with Gasteiger partial charge in [-0.2, -0.15) is 0 Å². The predicted molar refractivity (Wildman–Crippen MR) is 231 cm³/mol. The zero-order chi connectivity index (χ0) is 37.3. The van der Waals surface area contributed by atoms with Gasteiger partial charge >= 0.3 is 0 Å². The molecule has 0 N–H and O–H groups in total. The van der Waals surface area contributed by atoms with Crippen molar-refractivity contribution >= 4 is 21.8 Å². The number of hydrogen-bond donors (Lipinski definition) is 0. The third kappa shape index (κ3) is 6.40. The number of fused-ring (bicyclic) bond motifs is 2. The normalized spacial score (nSPS) is 11.2. The summed E-state index contributed by atoms with van der Waals surface area (Å²) in [5.74, 6) is 1.30. The maximum Gasteiger partial charge on any atom is 0.160 e. The minimum Gasteiger partial charge on any atom is -0.228 e. The standard InChI is InChI=1S/C52H34N4/c1-3-14-35(15-4-1)37-28-30-38(31-29-37)49-45-24-7-9-26-47(45)53-51(55-49)43-22-13-23-44(34-43)52-54-48-27-10-8-25-46(48)50(56-52)42-21-12-20-41(33-42)40-19-11-18-39(32-40)36-16-5-2-6-17-36/h1-34H. The van der Waals surface area contributed by atoms with Crippen molar-refractivity contribution in [3.63, 3.8) is 0 Å². The highest BCUT2D eigenvalue weighted by molar-refractivity contribution is 5.96. The summed E-state index contributed by atoms with van der Waals surface area (Å²) in [5.41, 5.74) is 14.4. The Kier molecular flexibility index (Phi) is 8.47. The molecule has 262 valence electrons. The van der Waals surface area contributed by atoms with Crippen molar-refractivity contribution in [1.82, 2.24) is 19.9 Å². The van der Waals surface area contributed by atoms with Gasteiger partial charge in [0.2, 0.25) is 0 Å². The molecule has 0 aliphatic rings. The van der Waals surface area contributed by atoms with Crippen LogP contribution in [-0.2, 0) is 0 Å². The van der Waals surface area contributed by atoms with E-state index in [2.05, 4.69) is 164 Å². The van der Waals surface area contributed by atoms with Crippen LogP contribution < -0.4 is 0 Å². The molecule has 4 nitrogen and oxygen atoms in total. The highest BCUT2D eigenvalue weighted by atomic mass is 14.9. The summed E-state index contributed by atoms with van der Waals surface area (Å²) in [6, 6.07) is 71.6. The monoisotopic (exact) mass is 714 g/mol. The number of para-hydroxylation sites is 2. The van der Waals surface area contributed by atoms with Crippen LogP contribution in [0.4, 0.5) is 0 Å². The van der Waals surface area contributed by atoms with Crippen LogP contribution in [0.1, 0.15) is 0 Å². The minimum atomic E-state index is 0.648. The van der Waals surface area contributed by atoms with Gasteiger partial charge in [-0.15, -0.1) is 0 Å². The van der Waals surface area contributed by atoms with Crippen LogP contribution in [0.2, 0.25) is 0 Å². The second-order valence-electron chi connectivity index (χ2n) is 13.9. The van der Waals surface area contributed by atoms with Gasteiger partial charge in [-0.3, -0.25) is 0 Å². The fraction of sp³-hybridized carbons (Fsp3) is 0. The van der Waals surface area contributed by atoms with Crippen LogP contribution in [0.3, 0.4) is 0 Å². The molecule has 10 aromatic rings. The Labute approximate surface area is 325 Å². The molecule has 0 radical (unpaired) electrons. The van der Waals surface area contributed by atoms with Crippen molar-refractivity contribution in [2.24, 2.45) is 0 Å². The second-order valence-corrected chi connectivity index (χ2v) is 13.9. The zero-order valence-electron chi connectivity index (χ0n) is 30.4. The summed E-state index contributed by atoms with van der Waals surface area (Å²) in [6.45, 7) is 0. The Morgan fingerprint density at radius 2 is 0.554 bits per heavy atom. The molecule has 0 saturated carbocycles. The Hall–Kier alpha value is -7.56. The summed E-state index contributed by atoms with van der Waals surface area (Å²) in [4.78, 5) is 20.6. The number of benzene rings is 8. The predicted octanol–water partition coefficient (Wildman–Crippen LogP) is 13.2. The van der Waals surface area contributed by atoms with E-state index in [1.807, 2.05) is 42.5 Å². The van der Waals surface area contributed by atoms with E-state index < -0.39 is 0 Å². The Balaban J connectivity index is 1.04. The quantitative estimate of drug-likeness (QED) is 0.165. The smallest absolute Gasteiger partial charge is 0.160 e. The molecule has 0 fully saturated rings. The topological polar surface area (TPSA) is 51.6 Å². The Morgan fingerprint density at radius 3 is 1.11 bits per heavy atom. The lowest BCUT2D eigenvalue weighted by atomic mass is 9.96. The van der Waals surface area contributed by atoms with E-state index in [4.69, 9.17) is 19.9 Å². The fourth-order valence-corrected chi connectivity index (χ4v) is 7.46. The van der Waals surface area contributed by atoms with E-state index in [9.17, 15) is 0 Å². The first kappa shape index (κ1) is 33.0. The van der Waals surface area contributed by atoms with Crippen LogP contribution in [0, 0.1) is 0 Å². The lowest BCUT2D eigenvalue weighted by molar-refractivity contribution is 1.21. The zero-order valence-corrected chi connectivity index (χ0v) is 30.4. The first-order valence-corrected chi connectivity index (χ1v) is 18.8. The molecule has 0 aliphatic heterocycles. The van der Waals surface area contributed by atoms with Gasteiger partial charge in [0.05, 0.1) is 22.4 Å². The van der Waals surface area contributed by atoms with E-state index >= 15 is 0 Å². The molecule has 0 atom stereocenters. The number of hydrogen-bond acceptors (Lipinski definition) is 4. The summed E-state index contributed by atoms with van der Waals surface area (Å²) in [7, 11) is 0. The molecule has 0 amide bonds. The highest BCUT2D eigenvalue weighted by Crippen LogP contribution is 2.35. The van der Waals surface area contributed by atoms with Crippen molar-refractivity contribution in [2.45, 2.75) is 0 Å². The van der Waals surface area contributed by atoms with Gasteiger partial charge in [0.15, 0.2) is 11.6 Å². The summed E-state index contributed by atoms with van der Waals surface area (Å²) in [5, 5.41) is 2.01. The van der Waals surface area contributed by atoms with E-state index in [0.717, 1.165) is 66.6 Å². The van der Waals surface area contributed by atoms with Gasteiger partial charge in [-0.05, 0) is 63.7 Å². The molecule has 2 aromatic heterocycles.